The zero-order chi connectivity index (χ0) is 8.39. The van der Waals surface area contributed by atoms with Gasteiger partial charge in [-0.05, 0) is 17.6 Å². The maximum Gasteiger partial charge on any atom is 0.115 e. The zero-order valence-electron chi connectivity index (χ0n) is 6.43. The highest BCUT2D eigenvalue weighted by molar-refractivity contribution is 7.03. The quantitative estimate of drug-likeness (QED) is 0.738. The minimum Gasteiger partial charge on any atom is -0.496 e. The van der Waals surface area contributed by atoms with E-state index in [-0.39, 0.29) is 6.04 Å². The topological polar surface area (TPSA) is 61.0 Å². The summed E-state index contributed by atoms with van der Waals surface area (Å²) in [5.74, 6) is 0.822. The summed E-state index contributed by atoms with van der Waals surface area (Å²) >= 11 is 1.30. The van der Waals surface area contributed by atoms with Crippen molar-refractivity contribution in [1.29, 1.82) is 0 Å². The highest BCUT2D eigenvalue weighted by atomic mass is 32.1. The number of nitrogens with zero attached hydrogens (tertiary/aromatic N) is 2. The Morgan fingerprint density at radius 3 is 3.17 bits per heavy atom. The Balaban J connectivity index is 2.14. The molecule has 1 atom stereocenters. The van der Waals surface area contributed by atoms with Gasteiger partial charge in [-0.2, -0.15) is 0 Å². The predicted octanol–water partition coefficient (Wildman–Crippen LogP) is 0.842. The van der Waals surface area contributed by atoms with Gasteiger partial charge < -0.3 is 10.5 Å². The van der Waals surface area contributed by atoms with Crippen molar-refractivity contribution in [1.82, 2.24) is 9.59 Å². The van der Waals surface area contributed by atoms with Gasteiger partial charge in [0.15, 0.2) is 0 Å². The van der Waals surface area contributed by atoms with Crippen LogP contribution >= 0.6 is 11.5 Å². The number of nitrogens with two attached hydrogens (primary N) is 1. The molecule has 0 amide bonds. The molecule has 64 valence electrons. The van der Waals surface area contributed by atoms with E-state index < -0.39 is 0 Å². The van der Waals surface area contributed by atoms with E-state index in [1.165, 1.54) is 11.5 Å². The molecule has 1 aromatic rings. The molecule has 5 heteroatoms. The van der Waals surface area contributed by atoms with Gasteiger partial charge >= 0.3 is 0 Å². The summed E-state index contributed by atoms with van der Waals surface area (Å²) in [4.78, 5) is 0. The third-order valence-corrected chi connectivity index (χ3v) is 2.26. The first-order valence-corrected chi connectivity index (χ1v) is 4.57. The molecule has 0 saturated heterocycles. The van der Waals surface area contributed by atoms with E-state index in [1.54, 1.807) is 0 Å². The van der Waals surface area contributed by atoms with Crippen LogP contribution in [0.2, 0.25) is 0 Å². The fourth-order valence-electron chi connectivity index (χ4n) is 1.11. The van der Waals surface area contributed by atoms with E-state index in [9.17, 15) is 0 Å². The molecule has 2 N–H and O–H groups in total. The van der Waals surface area contributed by atoms with E-state index in [0.717, 1.165) is 24.5 Å². The molecule has 2 heterocycles. The highest BCUT2D eigenvalue weighted by Gasteiger charge is 2.18. The lowest BCUT2D eigenvalue weighted by Crippen LogP contribution is -2.13. The van der Waals surface area contributed by atoms with Crippen LogP contribution in [-0.2, 0) is 4.74 Å². The summed E-state index contributed by atoms with van der Waals surface area (Å²) in [5.41, 5.74) is 6.64. The van der Waals surface area contributed by atoms with Gasteiger partial charge in [-0.1, -0.05) is 4.49 Å². The van der Waals surface area contributed by atoms with Gasteiger partial charge in [-0.25, -0.2) is 0 Å². The third kappa shape index (κ3) is 1.33. The molecule has 0 fully saturated rings. The van der Waals surface area contributed by atoms with Crippen LogP contribution in [0.3, 0.4) is 0 Å². The molecular formula is C7H9N3OS. The largest absolute Gasteiger partial charge is 0.496 e. The van der Waals surface area contributed by atoms with E-state index in [2.05, 4.69) is 9.59 Å². The first kappa shape index (κ1) is 7.70. The molecule has 1 aromatic heterocycles. The van der Waals surface area contributed by atoms with Gasteiger partial charge in [0.05, 0.1) is 12.3 Å². The Hall–Kier alpha value is -0.940. The molecule has 1 aliphatic rings. The van der Waals surface area contributed by atoms with Crippen LogP contribution in [0.25, 0.3) is 0 Å². The van der Waals surface area contributed by atoms with Gasteiger partial charge in [-0.15, -0.1) is 5.10 Å². The first-order chi connectivity index (χ1) is 5.88. The van der Waals surface area contributed by atoms with E-state index in [1.807, 2.05) is 11.5 Å². The van der Waals surface area contributed by atoms with Crippen LogP contribution in [0.4, 0.5) is 0 Å². The number of ether oxygens (including phenoxy) is 1. The Morgan fingerprint density at radius 2 is 2.58 bits per heavy atom. The van der Waals surface area contributed by atoms with Crippen molar-refractivity contribution < 1.29 is 4.74 Å². The van der Waals surface area contributed by atoms with Gasteiger partial charge in [0.1, 0.15) is 11.8 Å². The number of hydrogen-bond acceptors (Lipinski definition) is 5. The Bertz CT molecular complexity index is 283. The fourth-order valence-corrected chi connectivity index (χ4v) is 1.60. The van der Waals surface area contributed by atoms with Crippen molar-refractivity contribution in [2.45, 2.75) is 12.5 Å². The molecule has 12 heavy (non-hydrogen) atoms. The molecule has 0 aliphatic carbocycles. The second-order valence-electron chi connectivity index (χ2n) is 2.55. The van der Waals surface area contributed by atoms with Crippen LogP contribution < -0.4 is 5.73 Å². The van der Waals surface area contributed by atoms with Gasteiger partial charge in [0.2, 0.25) is 0 Å². The van der Waals surface area contributed by atoms with Gasteiger partial charge in [-0.3, -0.25) is 0 Å². The molecule has 1 aliphatic heterocycles. The maximum atomic E-state index is 5.86. The summed E-state index contributed by atoms with van der Waals surface area (Å²) in [6.07, 6.45) is 2.95. The van der Waals surface area contributed by atoms with E-state index in [4.69, 9.17) is 10.5 Å². The summed E-state index contributed by atoms with van der Waals surface area (Å²) < 4.78 is 9.06. The molecule has 0 radical (unpaired) electrons. The Kier molecular flexibility index (Phi) is 2.05. The van der Waals surface area contributed by atoms with Crippen LogP contribution in [0, 0.1) is 0 Å². The Morgan fingerprint density at radius 1 is 1.67 bits per heavy atom. The van der Waals surface area contributed by atoms with Crippen molar-refractivity contribution in [3.05, 3.63) is 22.9 Å². The molecule has 0 bridgehead atoms. The average molecular weight is 183 g/mol. The van der Waals surface area contributed by atoms with Crippen molar-refractivity contribution >= 4 is 11.5 Å². The van der Waals surface area contributed by atoms with E-state index >= 15 is 0 Å². The third-order valence-electron chi connectivity index (χ3n) is 1.73. The highest BCUT2D eigenvalue weighted by Crippen LogP contribution is 2.22. The van der Waals surface area contributed by atoms with Crippen molar-refractivity contribution in [3.63, 3.8) is 0 Å². The van der Waals surface area contributed by atoms with Gasteiger partial charge in [0, 0.05) is 11.8 Å². The SMILES string of the molecule is NC(C1=CCCO1)c1csnn1. The van der Waals surface area contributed by atoms with Crippen LogP contribution in [0.15, 0.2) is 17.2 Å². The summed E-state index contributed by atoms with van der Waals surface area (Å²) in [7, 11) is 0. The first-order valence-electron chi connectivity index (χ1n) is 3.73. The summed E-state index contributed by atoms with van der Waals surface area (Å²) in [5, 5.41) is 5.72. The van der Waals surface area contributed by atoms with Crippen LogP contribution in [0.5, 0.6) is 0 Å². The Labute approximate surface area is 74.2 Å². The minimum absolute atomic E-state index is 0.230. The second kappa shape index (κ2) is 3.20. The molecule has 0 saturated carbocycles. The summed E-state index contributed by atoms with van der Waals surface area (Å²) in [6, 6.07) is -0.230. The molecule has 4 nitrogen and oxygen atoms in total. The smallest absolute Gasteiger partial charge is 0.115 e. The van der Waals surface area contributed by atoms with Crippen LogP contribution in [0.1, 0.15) is 18.2 Å². The molecule has 0 aromatic carbocycles. The molecule has 2 rings (SSSR count). The van der Waals surface area contributed by atoms with Crippen molar-refractivity contribution in [2.75, 3.05) is 6.61 Å². The molecule has 0 spiro atoms. The lowest BCUT2D eigenvalue weighted by molar-refractivity contribution is 0.224. The molecule has 1 unspecified atom stereocenters. The molecular weight excluding hydrogens is 174 g/mol. The summed E-state index contributed by atoms with van der Waals surface area (Å²) in [6.45, 7) is 0.737. The van der Waals surface area contributed by atoms with Crippen molar-refractivity contribution in [2.24, 2.45) is 5.73 Å². The minimum atomic E-state index is -0.230. The van der Waals surface area contributed by atoms with Gasteiger partial charge in [0.25, 0.3) is 0 Å². The lowest BCUT2D eigenvalue weighted by atomic mass is 10.2. The maximum absolute atomic E-state index is 5.86. The number of aromatic nitrogens is 2. The second-order valence-corrected chi connectivity index (χ2v) is 3.16. The predicted molar refractivity (Wildman–Crippen MR) is 45.5 cm³/mol. The normalized spacial score (nSPS) is 18.6. The monoisotopic (exact) mass is 183 g/mol. The number of rotatable bonds is 2. The fraction of sp³-hybridized carbons (Fsp3) is 0.429. The van der Waals surface area contributed by atoms with Crippen LogP contribution in [-0.4, -0.2) is 16.2 Å². The standard InChI is InChI=1S/C7H9N3OS/c8-7(5-4-12-10-9-5)6-2-1-3-11-6/h2,4,7H,1,3,8H2. The lowest BCUT2D eigenvalue weighted by Gasteiger charge is -2.08. The number of hydrogen-bond donors (Lipinski definition) is 1. The zero-order valence-corrected chi connectivity index (χ0v) is 7.25. The van der Waals surface area contributed by atoms with E-state index in [0.29, 0.717) is 0 Å². The van der Waals surface area contributed by atoms with Crippen molar-refractivity contribution in [3.8, 4) is 0 Å². The average Bonchev–Trinajstić information content (AvgIpc) is 2.77.